The number of carbonyl (C=O) groups excluding carboxylic acids is 1. The van der Waals surface area contributed by atoms with Crippen molar-refractivity contribution in [3.63, 3.8) is 0 Å². The molecule has 0 aromatic heterocycles. The third kappa shape index (κ3) is 3.28. The maximum atomic E-state index is 11.3. The van der Waals surface area contributed by atoms with Gasteiger partial charge in [0.25, 0.3) is 0 Å². The van der Waals surface area contributed by atoms with E-state index in [4.69, 9.17) is 14.6 Å². The average Bonchev–Trinajstić information content (AvgIpc) is 2.84. The molecule has 1 aromatic carbocycles. The van der Waals surface area contributed by atoms with Gasteiger partial charge in [-0.05, 0) is 17.7 Å². The first kappa shape index (κ1) is 13.9. The minimum atomic E-state index is -0.994. The van der Waals surface area contributed by atoms with Crippen LogP contribution in [0.25, 0.3) is 0 Å². The van der Waals surface area contributed by atoms with Crippen molar-refractivity contribution in [3.8, 4) is 5.75 Å². The number of benzene rings is 1. The number of fused-ring (bicyclic) bond motifs is 1. The van der Waals surface area contributed by atoms with E-state index in [-0.39, 0.29) is 18.3 Å². The minimum Gasteiger partial charge on any atom is -0.488 e. The zero-order chi connectivity index (χ0) is 14.5. The number of hydrogen-bond donors (Lipinski definition) is 2. The summed E-state index contributed by atoms with van der Waals surface area (Å²) in [7, 11) is 0. The molecule has 1 unspecified atom stereocenters. The van der Waals surface area contributed by atoms with E-state index in [9.17, 15) is 9.59 Å². The number of aromatic carboxylic acids is 1. The second kappa shape index (κ2) is 6.10. The number of alkyl carbamates (subject to hydrolysis) is 1. The molecule has 0 saturated carbocycles. The molecule has 0 saturated heterocycles. The van der Waals surface area contributed by atoms with Gasteiger partial charge < -0.3 is 19.9 Å². The Balaban J connectivity index is 1.88. The molecule has 0 fully saturated rings. The molecule has 1 aliphatic rings. The zero-order valence-corrected chi connectivity index (χ0v) is 10.8. The Hall–Kier alpha value is -2.50. The van der Waals surface area contributed by atoms with Crippen LogP contribution >= 0.6 is 0 Å². The summed E-state index contributed by atoms with van der Waals surface area (Å²) in [5.74, 6) is -0.442. The summed E-state index contributed by atoms with van der Waals surface area (Å²) in [4.78, 5) is 22.1. The first-order valence-corrected chi connectivity index (χ1v) is 6.14. The standard InChI is InChI=1S/C14H15NO5/c1-2-5-19-14(18)15-8-11-6-9-3-4-10(13(16)17)7-12(9)20-11/h2-4,7,11H,1,5-6,8H2,(H,15,18)(H,16,17). The lowest BCUT2D eigenvalue weighted by Gasteiger charge is -2.11. The molecule has 2 N–H and O–H groups in total. The van der Waals surface area contributed by atoms with Crippen molar-refractivity contribution in [2.24, 2.45) is 0 Å². The molecule has 0 bridgehead atoms. The summed E-state index contributed by atoms with van der Waals surface area (Å²) in [5, 5.41) is 11.5. The average molecular weight is 277 g/mol. The fourth-order valence-electron chi connectivity index (χ4n) is 1.93. The molecule has 0 spiro atoms. The fourth-order valence-corrected chi connectivity index (χ4v) is 1.93. The molecule has 0 aliphatic carbocycles. The molecule has 20 heavy (non-hydrogen) atoms. The number of ether oxygens (including phenoxy) is 2. The van der Waals surface area contributed by atoms with Crippen LogP contribution in [0.4, 0.5) is 4.79 Å². The van der Waals surface area contributed by atoms with Crippen LogP contribution in [0.1, 0.15) is 15.9 Å². The van der Waals surface area contributed by atoms with Crippen molar-refractivity contribution in [1.29, 1.82) is 0 Å². The summed E-state index contributed by atoms with van der Waals surface area (Å²) >= 11 is 0. The van der Waals surface area contributed by atoms with E-state index in [1.807, 2.05) is 0 Å². The Morgan fingerprint density at radius 2 is 2.35 bits per heavy atom. The van der Waals surface area contributed by atoms with Gasteiger partial charge in [-0.3, -0.25) is 0 Å². The van der Waals surface area contributed by atoms with Crippen molar-refractivity contribution >= 4 is 12.1 Å². The van der Waals surface area contributed by atoms with Crippen molar-refractivity contribution in [2.75, 3.05) is 13.2 Å². The number of amides is 1. The normalized spacial score (nSPS) is 15.9. The Bertz CT molecular complexity index is 540. The van der Waals surface area contributed by atoms with Crippen LogP contribution in [0.5, 0.6) is 5.75 Å². The highest BCUT2D eigenvalue weighted by Crippen LogP contribution is 2.29. The maximum Gasteiger partial charge on any atom is 0.407 e. The molecular weight excluding hydrogens is 262 g/mol. The molecular formula is C14H15NO5. The van der Waals surface area contributed by atoms with Gasteiger partial charge in [-0.2, -0.15) is 0 Å². The highest BCUT2D eigenvalue weighted by atomic mass is 16.5. The quantitative estimate of drug-likeness (QED) is 0.798. The smallest absolute Gasteiger partial charge is 0.407 e. The van der Waals surface area contributed by atoms with Crippen LogP contribution in [-0.2, 0) is 11.2 Å². The van der Waals surface area contributed by atoms with Gasteiger partial charge in [0.05, 0.1) is 12.1 Å². The highest BCUT2D eigenvalue weighted by molar-refractivity contribution is 5.88. The molecule has 6 nitrogen and oxygen atoms in total. The molecule has 106 valence electrons. The van der Waals surface area contributed by atoms with Crippen LogP contribution in [0.15, 0.2) is 30.9 Å². The molecule has 0 radical (unpaired) electrons. The first-order valence-electron chi connectivity index (χ1n) is 6.14. The first-order chi connectivity index (χ1) is 9.60. The molecule has 1 heterocycles. The number of carboxylic acids is 1. The highest BCUT2D eigenvalue weighted by Gasteiger charge is 2.24. The van der Waals surface area contributed by atoms with E-state index in [0.29, 0.717) is 18.7 Å². The van der Waals surface area contributed by atoms with E-state index >= 15 is 0 Å². The van der Waals surface area contributed by atoms with Crippen molar-refractivity contribution in [3.05, 3.63) is 42.0 Å². The molecule has 6 heteroatoms. The van der Waals surface area contributed by atoms with E-state index in [1.165, 1.54) is 12.1 Å². The SMILES string of the molecule is C=CCOC(=O)NCC1Cc2ccc(C(=O)O)cc2O1. The number of nitrogens with one attached hydrogen (secondary N) is 1. The number of carboxylic acid groups (broad SMARTS) is 1. The molecule has 2 rings (SSSR count). The van der Waals surface area contributed by atoms with E-state index < -0.39 is 12.1 Å². The van der Waals surface area contributed by atoms with Gasteiger partial charge in [0.1, 0.15) is 18.5 Å². The van der Waals surface area contributed by atoms with E-state index in [2.05, 4.69) is 11.9 Å². The topological polar surface area (TPSA) is 84.9 Å². The van der Waals surface area contributed by atoms with Crippen molar-refractivity contribution in [1.82, 2.24) is 5.32 Å². The predicted octanol–water partition coefficient (Wildman–Crippen LogP) is 1.60. The summed E-state index contributed by atoms with van der Waals surface area (Å²) in [6, 6.07) is 4.77. The zero-order valence-electron chi connectivity index (χ0n) is 10.8. The fraction of sp³-hybridized carbons (Fsp3) is 0.286. The maximum absolute atomic E-state index is 11.3. The summed E-state index contributed by atoms with van der Waals surface area (Å²) in [6.45, 7) is 3.89. The van der Waals surface area contributed by atoms with Crippen LogP contribution in [0.2, 0.25) is 0 Å². The van der Waals surface area contributed by atoms with Crippen LogP contribution in [0.3, 0.4) is 0 Å². The lowest BCUT2D eigenvalue weighted by atomic mass is 10.1. The van der Waals surface area contributed by atoms with Crippen molar-refractivity contribution < 1.29 is 24.2 Å². The summed E-state index contributed by atoms with van der Waals surface area (Å²) in [5.41, 5.74) is 1.11. The predicted molar refractivity (Wildman–Crippen MR) is 71.1 cm³/mol. The molecule has 1 aromatic rings. The van der Waals surface area contributed by atoms with E-state index in [0.717, 1.165) is 5.56 Å². The van der Waals surface area contributed by atoms with Crippen molar-refractivity contribution in [2.45, 2.75) is 12.5 Å². The third-order valence-corrected chi connectivity index (χ3v) is 2.86. The Labute approximate surface area is 116 Å². The third-order valence-electron chi connectivity index (χ3n) is 2.86. The second-order valence-corrected chi connectivity index (χ2v) is 4.34. The number of rotatable bonds is 5. The van der Waals surface area contributed by atoms with Gasteiger partial charge in [0.2, 0.25) is 0 Å². The molecule has 1 atom stereocenters. The number of hydrogen-bond acceptors (Lipinski definition) is 4. The Morgan fingerprint density at radius 1 is 1.55 bits per heavy atom. The summed E-state index contributed by atoms with van der Waals surface area (Å²) < 4.78 is 10.4. The van der Waals surface area contributed by atoms with Crippen LogP contribution < -0.4 is 10.1 Å². The van der Waals surface area contributed by atoms with Gasteiger partial charge in [-0.1, -0.05) is 18.7 Å². The molecule has 1 amide bonds. The second-order valence-electron chi connectivity index (χ2n) is 4.34. The van der Waals surface area contributed by atoms with Crippen LogP contribution in [-0.4, -0.2) is 36.4 Å². The lowest BCUT2D eigenvalue weighted by molar-refractivity contribution is 0.0696. The Kier molecular flexibility index (Phi) is 4.24. The van der Waals surface area contributed by atoms with Crippen LogP contribution in [0, 0.1) is 0 Å². The molecule has 1 aliphatic heterocycles. The number of carbonyl (C=O) groups is 2. The monoisotopic (exact) mass is 277 g/mol. The van der Waals surface area contributed by atoms with Gasteiger partial charge in [-0.25, -0.2) is 9.59 Å². The lowest BCUT2D eigenvalue weighted by Crippen LogP contribution is -2.34. The Morgan fingerprint density at radius 3 is 3.05 bits per heavy atom. The minimum absolute atomic E-state index is 0.152. The van der Waals surface area contributed by atoms with Gasteiger partial charge >= 0.3 is 12.1 Å². The van der Waals surface area contributed by atoms with Gasteiger partial charge in [-0.15, -0.1) is 0 Å². The largest absolute Gasteiger partial charge is 0.488 e. The summed E-state index contributed by atoms with van der Waals surface area (Å²) in [6.07, 6.45) is 1.35. The van der Waals surface area contributed by atoms with Gasteiger partial charge in [0, 0.05) is 6.42 Å². The van der Waals surface area contributed by atoms with Gasteiger partial charge in [0.15, 0.2) is 0 Å². The van der Waals surface area contributed by atoms with E-state index in [1.54, 1.807) is 12.1 Å².